The molecule has 0 aromatic carbocycles. The fraction of sp³-hybridized carbons (Fsp3) is 0.455. The molecule has 5 nitrogen and oxygen atoms in total. The standard InChI is InChI=1S/C11H14F2N2O3/c12-10(13)7-15(4-5-16)6-8-2-1-3-9(14-8)11(17)18/h1-3,10,16H,4-7H2,(H,17,18). The van der Waals surface area contributed by atoms with E-state index in [1.165, 1.54) is 17.0 Å². The highest BCUT2D eigenvalue weighted by atomic mass is 19.3. The number of hydrogen-bond acceptors (Lipinski definition) is 4. The number of pyridine rings is 1. The molecule has 0 bridgehead atoms. The predicted octanol–water partition coefficient (Wildman–Crippen LogP) is 0.839. The molecule has 0 aliphatic rings. The van der Waals surface area contributed by atoms with Crippen LogP contribution in [0.4, 0.5) is 8.78 Å². The van der Waals surface area contributed by atoms with Gasteiger partial charge in [-0.2, -0.15) is 0 Å². The lowest BCUT2D eigenvalue weighted by Crippen LogP contribution is -2.31. The average Bonchev–Trinajstić information content (AvgIpc) is 2.28. The largest absolute Gasteiger partial charge is 0.477 e. The lowest BCUT2D eigenvalue weighted by atomic mass is 10.3. The number of carboxylic acid groups (broad SMARTS) is 1. The van der Waals surface area contributed by atoms with Gasteiger partial charge in [-0.05, 0) is 12.1 Å². The minimum Gasteiger partial charge on any atom is -0.477 e. The maximum absolute atomic E-state index is 12.3. The summed E-state index contributed by atoms with van der Waals surface area (Å²) in [5, 5.41) is 17.5. The van der Waals surface area contributed by atoms with Crippen LogP contribution >= 0.6 is 0 Å². The van der Waals surface area contributed by atoms with Gasteiger partial charge in [0.1, 0.15) is 5.69 Å². The van der Waals surface area contributed by atoms with E-state index in [9.17, 15) is 13.6 Å². The van der Waals surface area contributed by atoms with Crippen molar-refractivity contribution in [2.75, 3.05) is 19.7 Å². The number of nitrogens with zero attached hydrogens (tertiary/aromatic N) is 2. The van der Waals surface area contributed by atoms with Crippen molar-refractivity contribution in [3.63, 3.8) is 0 Å². The van der Waals surface area contributed by atoms with Crippen LogP contribution in [0.1, 0.15) is 16.2 Å². The van der Waals surface area contributed by atoms with E-state index in [-0.39, 0.29) is 25.4 Å². The SMILES string of the molecule is O=C(O)c1cccc(CN(CCO)CC(F)F)n1. The van der Waals surface area contributed by atoms with Gasteiger partial charge in [0.2, 0.25) is 0 Å². The fourth-order valence-electron chi connectivity index (χ4n) is 1.49. The second kappa shape index (κ2) is 6.97. The Morgan fingerprint density at radius 2 is 2.17 bits per heavy atom. The summed E-state index contributed by atoms with van der Waals surface area (Å²) >= 11 is 0. The van der Waals surface area contributed by atoms with Crippen molar-refractivity contribution in [3.05, 3.63) is 29.6 Å². The number of carboxylic acids is 1. The number of aliphatic hydroxyl groups is 1. The molecule has 0 spiro atoms. The van der Waals surface area contributed by atoms with Crippen molar-refractivity contribution in [3.8, 4) is 0 Å². The van der Waals surface area contributed by atoms with Gasteiger partial charge in [0.05, 0.1) is 18.8 Å². The van der Waals surface area contributed by atoms with E-state index in [1.54, 1.807) is 6.07 Å². The van der Waals surface area contributed by atoms with Gasteiger partial charge in [-0.15, -0.1) is 0 Å². The predicted molar refractivity (Wildman–Crippen MR) is 59.6 cm³/mol. The zero-order valence-corrected chi connectivity index (χ0v) is 9.59. The lowest BCUT2D eigenvalue weighted by Gasteiger charge is -2.20. The summed E-state index contributed by atoms with van der Waals surface area (Å²) in [6, 6.07) is 4.39. The van der Waals surface area contributed by atoms with E-state index in [1.807, 2.05) is 0 Å². The van der Waals surface area contributed by atoms with Crippen molar-refractivity contribution in [1.29, 1.82) is 0 Å². The number of halogens is 2. The number of aliphatic hydroxyl groups excluding tert-OH is 1. The minimum atomic E-state index is -2.51. The highest BCUT2D eigenvalue weighted by Gasteiger charge is 2.13. The number of carbonyl (C=O) groups is 1. The van der Waals surface area contributed by atoms with E-state index in [0.29, 0.717) is 5.69 Å². The van der Waals surface area contributed by atoms with E-state index in [0.717, 1.165) is 0 Å². The number of rotatable bonds is 7. The Kier molecular flexibility index (Phi) is 5.60. The second-order valence-corrected chi connectivity index (χ2v) is 3.67. The molecule has 0 atom stereocenters. The average molecular weight is 260 g/mol. The van der Waals surface area contributed by atoms with Gasteiger partial charge in [0.15, 0.2) is 0 Å². The summed E-state index contributed by atoms with van der Waals surface area (Å²) in [7, 11) is 0. The van der Waals surface area contributed by atoms with E-state index in [2.05, 4.69) is 4.98 Å². The maximum Gasteiger partial charge on any atom is 0.354 e. The van der Waals surface area contributed by atoms with Crippen LogP contribution in [-0.4, -0.2) is 52.2 Å². The first-order chi connectivity index (χ1) is 8.52. The summed E-state index contributed by atoms with van der Waals surface area (Å²) in [6.07, 6.45) is -2.51. The zero-order valence-electron chi connectivity index (χ0n) is 9.59. The molecule has 100 valence electrons. The van der Waals surface area contributed by atoms with Gasteiger partial charge < -0.3 is 10.2 Å². The Morgan fingerprint density at radius 3 is 2.72 bits per heavy atom. The second-order valence-electron chi connectivity index (χ2n) is 3.67. The van der Waals surface area contributed by atoms with Crippen LogP contribution in [0.2, 0.25) is 0 Å². The summed E-state index contributed by atoms with van der Waals surface area (Å²) in [5.74, 6) is -1.17. The van der Waals surface area contributed by atoms with Crippen molar-refractivity contribution < 1.29 is 23.8 Å². The Hall–Kier alpha value is -1.60. The van der Waals surface area contributed by atoms with Crippen molar-refractivity contribution in [2.24, 2.45) is 0 Å². The highest BCUT2D eigenvalue weighted by Crippen LogP contribution is 2.06. The van der Waals surface area contributed by atoms with Crippen molar-refractivity contribution in [2.45, 2.75) is 13.0 Å². The molecule has 0 amide bonds. The Morgan fingerprint density at radius 1 is 1.44 bits per heavy atom. The summed E-state index contributed by atoms with van der Waals surface area (Å²) in [4.78, 5) is 15.9. The van der Waals surface area contributed by atoms with Gasteiger partial charge in [-0.25, -0.2) is 18.6 Å². The summed E-state index contributed by atoms with van der Waals surface area (Å²) in [5.41, 5.74) is 0.248. The molecule has 1 aromatic heterocycles. The molecular weight excluding hydrogens is 246 g/mol. The Labute approximate surface area is 103 Å². The normalized spacial score (nSPS) is 11.2. The monoisotopic (exact) mass is 260 g/mol. The van der Waals surface area contributed by atoms with Crippen LogP contribution in [-0.2, 0) is 6.54 Å². The Balaban J connectivity index is 2.73. The molecule has 0 fully saturated rings. The molecule has 1 rings (SSSR count). The van der Waals surface area contributed by atoms with Gasteiger partial charge in [-0.3, -0.25) is 4.90 Å². The summed E-state index contributed by atoms with van der Waals surface area (Å²) < 4.78 is 24.6. The molecule has 1 heterocycles. The van der Waals surface area contributed by atoms with Crippen LogP contribution in [0.25, 0.3) is 0 Å². The van der Waals surface area contributed by atoms with Crippen LogP contribution in [0, 0.1) is 0 Å². The van der Waals surface area contributed by atoms with Gasteiger partial charge in [0.25, 0.3) is 6.43 Å². The third-order valence-electron chi connectivity index (χ3n) is 2.22. The van der Waals surface area contributed by atoms with E-state index < -0.39 is 18.9 Å². The first-order valence-electron chi connectivity index (χ1n) is 5.33. The molecular formula is C11H14F2N2O3. The third-order valence-corrected chi connectivity index (χ3v) is 2.22. The lowest BCUT2D eigenvalue weighted by molar-refractivity contribution is 0.0681. The quantitative estimate of drug-likeness (QED) is 0.760. The maximum atomic E-state index is 12.3. The molecule has 0 saturated heterocycles. The highest BCUT2D eigenvalue weighted by molar-refractivity contribution is 5.85. The molecule has 0 unspecified atom stereocenters. The fourth-order valence-corrected chi connectivity index (χ4v) is 1.49. The topological polar surface area (TPSA) is 73.7 Å². The molecule has 0 aliphatic heterocycles. The molecule has 0 saturated carbocycles. The molecule has 2 N–H and O–H groups in total. The molecule has 0 aliphatic carbocycles. The number of aromatic nitrogens is 1. The van der Waals surface area contributed by atoms with Crippen LogP contribution in [0.5, 0.6) is 0 Å². The van der Waals surface area contributed by atoms with Gasteiger partial charge in [0, 0.05) is 13.1 Å². The molecule has 18 heavy (non-hydrogen) atoms. The first kappa shape index (κ1) is 14.5. The van der Waals surface area contributed by atoms with Crippen molar-refractivity contribution in [1.82, 2.24) is 9.88 Å². The number of hydrogen-bond donors (Lipinski definition) is 2. The van der Waals surface area contributed by atoms with Crippen molar-refractivity contribution >= 4 is 5.97 Å². The third kappa shape index (κ3) is 4.72. The molecule has 7 heteroatoms. The van der Waals surface area contributed by atoms with Crippen LogP contribution in [0.3, 0.4) is 0 Å². The van der Waals surface area contributed by atoms with Gasteiger partial charge >= 0.3 is 5.97 Å². The van der Waals surface area contributed by atoms with E-state index in [4.69, 9.17) is 10.2 Å². The van der Waals surface area contributed by atoms with E-state index >= 15 is 0 Å². The molecule has 1 aromatic rings. The first-order valence-corrected chi connectivity index (χ1v) is 5.33. The number of alkyl halides is 2. The Bertz CT molecular complexity index is 402. The smallest absolute Gasteiger partial charge is 0.354 e. The minimum absolute atomic E-state index is 0.0754. The molecule has 0 radical (unpaired) electrons. The zero-order chi connectivity index (χ0) is 13.5. The van der Waals surface area contributed by atoms with Gasteiger partial charge in [-0.1, -0.05) is 6.07 Å². The van der Waals surface area contributed by atoms with Crippen LogP contribution < -0.4 is 0 Å². The summed E-state index contributed by atoms with van der Waals surface area (Å²) in [6.45, 7) is -0.569. The van der Waals surface area contributed by atoms with Crippen LogP contribution in [0.15, 0.2) is 18.2 Å². The number of aromatic carboxylic acids is 1.